The second kappa shape index (κ2) is 5.94. The highest BCUT2D eigenvalue weighted by molar-refractivity contribution is 5.27. The Morgan fingerprint density at radius 2 is 1.94 bits per heavy atom. The predicted molar refractivity (Wildman–Crippen MR) is 62.4 cm³/mol. The summed E-state index contributed by atoms with van der Waals surface area (Å²) in [6.45, 7) is 6.34. The second-order valence-electron chi connectivity index (χ2n) is 4.15. The highest BCUT2D eigenvalue weighted by Crippen LogP contribution is 2.20. The average molecular weight is 227 g/mol. The Morgan fingerprint density at radius 1 is 1.25 bits per heavy atom. The third-order valence-electron chi connectivity index (χ3n) is 2.73. The van der Waals surface area contributed by atoms with Crippen molar-refractivity contribution in [1.82, 2.24) is 5.32 Å². The van der Waals surface area contributed by atoms with Gasteiger partial charge in [0.15, 0.2) is 0 Å². The van der Waals surface area contributed by atoms with Crippen molar-refractivity contribution in [2.24, 2.45) is 0 Å². The third kappa shape index (κ3) is 3.27. The van der Waals surface area contributed by atoms with Crippen LogP contribution >= 0.6 is 0 Å². The van der Waals surface area contributed by atoms with E-state index in [1.54, 1.807) is 6.92 Å². The highest BCUT2D eigenvalue weighted by Gasteiger charge is 2.12. The van der Waals surface area contributed by atoms with Gasteiger partial charge in [-0.05, 0) is 44.5 Å². The molecular weight excluding hydrogens is 208 g/mol. The summed E-state index contributed by atoms with van der Waals surface area (Å²) in [7, 11) is 0. The van der Waals surface area contributed by atoms with Crippen LogP contribution in [0.3, 0.4) is 0 Å². The van der Waals surface area contributed by atoms with Gasteiger partial charge in [0.25, 0.3) is 0 Å². The lowest BCUT2D eigenvalue weighted by atomic mass is 10.0. The van der Waals surface area contributed by atoms with Gasteiger partial charge in [-0.15, -0.1) is 0 Å². The standard InChI is InChI=1S/C13H19F2N/c1-4-5-6-16-10(3)11-8-12(14)9(2)7-13(11)15/h7-8,10,16H,4-6H2,1-3H3. The third-order valence-corrected chi connectivity index (χ3v) is 2.73. The first-order valence-electron chi connectivity index (χ1n) is 5.75. The number of hydrogen-bond acceptors (Lipinski definition) is 1. The van der Waals surface area contributed by atoms with Crippen molar-refractivity contribution < 1.29 is 8.78 Å². The molecule has 0 aromatic heterocycles. The van der Waals surface area contributed by atoms with Gasteiger partial charge in [0.05, 0.1) is 0 Å². The van der Waals surface area contributed by atoms with Crippen LogP contribution in [0.1, 0.15) is 43.9 Å². The lowest BCUT2D eigenvalue weighted by Crippen LogP contribution is -2.21. The smallest absolute Gasteiger partial charge is 0.128 e. The van der Waals surface area contributed by atoms with Gasteiger partial charge >= 0.3 is 0 Å². The zero-order chi connectivity index (χ0) is 12.1. The predicted octanol–water partition coefficient (Wildman–Crippen LogP) is 3.72. The van der Waals surface area contributed by atoms with Crippen LogP contribution in [-0.4, -0.2) is 6.54 Å². The van der Waals surface area contributed by atoms with Gasteiger partial charge in [0.2, 0.25) is 0 Å². The number of aryl methyl sites for hydroxylation is 1. The van der Waals surface area contributed by atoms with E-state index in [4.69, 9.17) is 0 Å². The van der Waals surface area contributed by atoms with Gasteiger partial charge in [-0.3, -0.25) is 0 Å². The van der Waals surface area contributed by atoms with E-state index < -0.39 is 0 Å². The Kier molecular flexibility index (Phi) is 4.87. The van der Waals surface area contributed by atoms with Gasteiger partial charge < -0.3 is 5.32 Å². The fraction of sp³-hybridized carbons (Fsp3) is 0.538. The number of hydrogen-bond donors (Lipinski definition) is 1. The molecule has 16 heavy (non-hydrogen) atoms. The van der Waals surface area contributed by atoms with Crippen LogP contribution in [0.25, 0.3) is 0 Å². The summed E-state index contributed by atoms with van der Waals surface area (Å²) in [4.78, 5) is 0. The summed E-state index contributed by atoms with van der Waals surface area (Å²) in [5, 5.41) is 3.18. The molecule has 0 amide bonds. The van der Waals surface area contributed by atoms with Crippen molar-refractivity contribution in [1.29, 1.82) is 0 Å². The molecule has 0 radical (unpaired) electrons. The molecule has 1 unspecified atom stereocenters. The van der Waals surface area contributed by atoms with Gasteiger partial charge in [0.1, 0.15) is 11.6 Å². The Hall–Kier alpha value is -0.960. The number of benzene rings is 1. The molecule has 0 aliphatic heterocycles. The van der Waals surface area contributed by atoms with Crippen molar-refractivity contribution in [3.63, 3.8) is 0 Å². The highest BCUT2D eigenvalue weighted by atomic mass is 19.1. The monoisotopic (exact) mass is 227 g/mol. The molecule has 1 N–H and O–H groups in total. The number of rotatable bonds is 5. The van der Waals surface area contributed by atoms with E-state index in [1.807, 2.05) is 6.92 Å². The second-order valence-corrected chi connectivity index (χ2v) is 4.15. The lowest BCUT2D eigenvalue weighted by molar-refractivity contribution is 0.509. The molecule has 1 atom stereocenters. The number of unbranched alkanes of at least 4 members (excludes halogenated alkanes) is 1. The van der Waals surface area contributed by atoms with Gasteiger partial charge in [-0.25, -0.2) is 8.78 Å². The van der Waals surface area contributed by atoms with E-state index in [0.717, 1.165) is 19.4 Å². The SMILES string of the molecule is CCCCNC(C)c1cc(F)c(C)cc1F. The molecule has 0 saturated heterocycles. The maximum absolute atomic E-state index is 13.6. The maximum Gasteiger partial charge on any atom is 0.128 e. The molecule has 3 heteroatoms. The molecular formula is C13H19F2N. The van der Waals surface area contributed by atoms with Crippen LogP contribution in [0.5, 0.6) is 0 Å². The lowest BCUT2D eigenvalue weighted by Gasteiger charge is -2.15. The van der Waals surface area contributed by atoms with Crippen LogP contribution in [0, 0.1) is 18.6 Å². The van der Waals surface area contributed by atoms with Gasteiger partial charge in [-0.1, -0.05) is 13.3 Å². The van der Waals surface area contributed by atoms with E-state index in [-0.39, 0.29) is 17.7 Å². The summed E-state index contributed by atoms with van der Waals surface area (Å²) in [6, 6.07) is 2.39. The topological polar surface area (TPSA) is 12.0 Å². The average Bonchev–Trinajstić information content (AvgIpc) is 2.23. The minimum Gasteiger partial charge on any atom is -0.310 e. The van der Waals surface area contributed by atoms with Crippen LogP contribution in [0.15, 0.2) is 12.1 Å². The molecule has 0 heterocycles. The molecule has 1 rings (SSSR count). The van der Waals surface area contributed by atoms with Crippen LogP contribution in [0.4, 0.5) is 8.78 Å². The molecule has 0 aliphatic carbocycles. The maximum atomic E-state index is 13.6. The Labute approximate surface area is 95.9 Å². The summed E-state index contributed by atoms with van der Waals surface area (Å²) >= 11 is 0. The molecule has 1 aromatic rings. The van der Waals surface area contributed by atoms with Crippen molar-refractivity contribution in [2.45, 2.75) is 39.7 Å². The fourth-order valence-electron chi connectivity index (χ4n) is 1.60. The molecule has 0 spiro atoms. The summed E-state index contributed by atoms with van der Waals surface area (Å²) < 4.78 is 26.9. The van der Waals surface area contributed by atoms with E-state index in [0.29, 0.717) is 11.1 Å². The Morgan fingerprint density at radius 3 is 2.56 bits per heavy atom. The first-order chi connectivity index (χ1) is 7.56. The van der Waals surface area contributed by atoms with Crippen LogP contribution in [0.2, 0.25) is 0 Å². The first-order valence-corrected chi connectivity index (χ1v) is 5.75. The Bertz CT molecular complexity index is 350. The summed E-state index contributed by atoms with van der Waals surface area (Å²) in [5.41, 5.74) is 0.751. The Balaban J connectivity index is 2.75. The quantitative estimate of drug-likeness (QED) is 0.756. The molecule has 1 aromatic carbocycles. The molecule has 0 bridgehead atoms. The zero-order valence-electron chi connectivity index (χ0n) is 10.1. The fourth-order valence-corrected chi connectivity index (χ4v) is 1.60. The van der Waals surface area contributed by atoms with Crippen molar-refractivity contribution >= 4 is 0 Å². The zero-order valence-corrected chi connectivity index (χ0v) is 10.1. The van der Waals surface area contributed by atoms with Gasteiger partial charge in [-0.2, -0.15) is 0 Å². The largest absolute Gasteiger partial charge is 0.310 e. The van der Waals surface area contributed by atoms with E-state index in [9.17, 15) is 8.78 Å². The molecule has 0 saturated carbocycles. The molecule has 0 aliphatic rings. The first kappa shape index (κ1) is 13.1. The van der Waals surface area contributed by atoms with Crippen molar-refractivity contribution in [3.05, 3.63) is 34.9 Å². The van der Waals surface area contributed by atoms with Gasteiger partial charge in [0, 0.05) is 11.6 Å². The minimum atomic E-state index is -0.347. The molecule has 90 valence electrons. The van der Waals surface area contributed by atoms with E-state index >= 15 is 0 Å². The molecule has 0 fully saturated rings. The van der Waals surface area contributed by atoms with Crippen molar-refractivity contribution in [2.75, 3.05) is 6.54 Å². The minimum absolute atomic E-state index is 0.151. The summed E-state index contributed by atoms with van der Waals surface area (Å²) in [6.07, 6.45) is 2.13. The normalized spacial score (nSPS) is 12.8. The molecule has 1 nitrogen and oxygen atoms in total. The summed E-state index contributed by atoms with van der Waals surface area (Å²) in [5.74, 6) is -0.684. The number of nitrogens with one attached hydrogen (secondary N) is 1. The van der Waals surface area contributed by atoms with E-state index in [2.05, 4.69) is 12.2 Å². The van der Waals surface area contributed by atoms with Crippen LogP contribution in [-0.2, 0) is 0 Å². The van der Waals surface area contributed by atoms with E-state index in [1.165, 1.54) is 12.1 Å². The van der Waals surface area contributed by atoms with Crippen LogP contribution < -0.4 is 5.32 Å². The number of halogens is 2. The van der Waals surface area contributed by atoms with Crippen molar-refractivity contribution in [3.8, 4) is 0 Å².